The quantitative estimate of drug-likeness (QED) is 0.801. The van der Waals surface area contributed by atoms with Gasteiger partial charge in [0.1, 0.15) is 5.82 Å². The van der Waals surface area contributed by atoms with Crippen molar-refractivity contribution < 1.29 is 23.1 Å². The lowest BCUT2D eigenvalue weighted by Crippen LogP contribution is -2.48. The van der Waals surface area contributed by atoms with Gasteiger partial charge >= 0.3 is 12.2 Å². The standard InChI is InChI=1S/C16H16F3N3O2/c1-15(10-23,11-5-4-6-12(9-11)16(17,18)19)22-14(24)21-13-7-2-3-8-20-13/h2-9,23H,10H2,1H3,(H2,20,21,22,24)/t15-/m1/s1. The average Bonchev–Trinajstić information content (AvgIpc) is 2.55. The van der Waals surface area contributed by atoms with Gasteiger partial charge in [-0.1, -0.05) is 18.2 Å². The molecule has 128 valence electrons. The molecule has 0 fully saturated rings. The zero-order valence-electron chi connectivity index (χ0n) is 12.8. The number of nitrogens with one attached hydrogen (secondary N) is 2. The molecule has 0 aliphatic rings. The Labute approximate surface area is 136 Å². The third kappa shape index (κ3) is 4.23. The summed E-state index contributed by atoms with van der Waals surface area (Å²) in [6, 6.07) is 8.66. The van der Waals surface area contributed by atoms with Gasteiger partial charge in [0.05, 0.1) is 17.7 Å². The number of carbonyl (C=O) groups excluding carboxylic acids is 1. The number of benzene rings is 1. The molecular formula is C16H16F3N3O2. The second-order valence-corrected chi connectivity index (χ2v) is 5.36. The smallest absolute Gasteiger partial charge is 0.394 e. The lowest BCUT2D eigenvalue weighted by molar-refractivity contribution is -0.137. The topological polar surface area (TPSA) is 74.2 Å². The van der Waals surface area contributed by atoms with E-state index in [0.717, 1.165) is 12.1 Å². The van der Waals surface area contributed by atoms with Crippen LogP contribution in [0.1, 0.15) is 18.1 Å². The fourth-order valence-electron chi connectivity index (χ4n) is 2.08. The molecule has 1 heterocycles. The van der Waals surface area contributed by atoms with E-state index in [9.17, 15) is 23.1 Å². The van der Waals surface area contributed by atoms with Gasteiger partial charge in [-0.05, 0) is 36.8 Å². The van der Waals surface area contributed by atoms with Crippen LogP contribution >= 0.6 is 0 Å². The van der Waals surface area contributed by atoms with Crippen molar-refractivity contribution in [2.45, 2.75) is 18.6 Å². The number of amides is 2. The molecule has 0 aliphatic carbocycles. The molecule has 3 N–H and O–H groups in total. The van der Waals surface area contributed by atoms with Crippen molar-refractivity contribution >= 4 is 11.8 Å². The molecule has 5 nitrogen and oxygen atoms in total. The highest BCUT2D eigenvalue weighted by Gasteiger charge is 2.34. The Morgan fingerprint density at radius 2 is 1.88 bits per heavy atom. The Morgan fingerprint density at radius 1 is 1.17 bits per heavy atom. The second-order valence-electron chi connectivity index (χ2n) is 5.36. The molecule has 1 aromatic heterocycles. The van der Waals surface area contributed by atoms with Crippen LogP contribution in [-0.4, -0.2) is 22.7 Å². The molecule has 0 saturated carbocycles. The first-order valence-corrected chi connectivity index (χ1v) is 7.03. The molecular weight excluding hydrogens is 323 g/mol. The first kappa shape index (κ1) is 17.7. The molecule has 1 aromatic carbocycles. The summed E-state index contributed by atoms with van der Waals surface area (Å²) in [6.07, 6.45) is -3.03. The van der Waals surface area contributed by atoms with Gasteiger partial charge in [0.15, 0.2) is 0 Å². The number of hydrogen-bond acceptors (Lipinski definition) is 3. The van der Waals surface area contributed by atoms with E-state index in [4.69, 9.17) is 0 Å². The van der Waals surface area contributed by atoms with E-state index in [1.54, 1.807) is 18.2 Å². The normalized spacial score (nSPS) is 13.9. The van der Waals surface area contributed by atoms with Gasteiger partial charge in [-0.3, -0.25) is 5.32 Å². The van der Waals surface area contributed by atoms with Crippen LogP contribution in [-0.2, 0) is 11.7 Å². The minimum Gasteiger partial charge on any atom is -0.394 e. The number of aromatic nitrogens is 1. The zero-order chi connectivity index (χ0) is 17.8. The largest absolute Gasteiger partial charge is 0.416 e. The van der Waals surface area contributed by atoms with Gasteiger partial charge in [0.2, 0.25) is 0 Å². The fraction of sp³-hybridized carbons (Fsp3) is 0.250. The van der Waals surface area contributed by atoms with Crippen LogP contribution in [0.5, 0.6) is 0 Å². The van der Waals surface area contributed by atoms with E-state index >= 15 is 0 Å². The number of halogens is 3. The number of rotatable bonds is 4. The van der Waals surface area contributed by atoms with Crippen LogP contribution in [0.4, 0.5) is 23.8 Å². The summed E-state index contributed by atoms with van der Waals surface area (Å²) in [7, 11) is 0. The molecule has 2 amide bonds. The van der Waals surface area contributed by atoms with Gasteiger partial charge < -0.3 is 10.4 Å². The van der Waals surface area contributed by atoms with Crippen LogP contribution in [0.3, 0.4) is 0 Å². The first-order chi connectivity index (χ1) is 11.2. The van der Waals surface area contributed by atoms with Crippen molar-refractivity contribution in [1.82, 2.24) is 10.3 Å². The van der Waals surface area contributed by atoms with E-state index in [0.29, 0.717) is 0 Å². The molecule has 0 spiro atoms. The molecule has 0 radical (unpaired) electrons. The van der Waals surface area contributed by atoms with Crippen molar-refractivity contribution in [2.75, 3.05) is 11.9 Å². The van der Waals surface area contributed by atoms with Gasteiger partial charge in [0.25, 0.3) is 0 Å². The van der Waals surface area contributed by atoms with E-state index in [-0.39, 0.29) is 11.4 Å². The molecule has 2 rings (SSSR count). The van der Waals surface area contributed by atoms with E-state index in [1.807, 2.05) is 0 Å². The van der Waals surface area contributed by atoms with Crippen molar-refractivity contribution in [3.05, 3.63) is 59.8 Å². The Balaban J connectivity index is 2.20. The van der Waals surface area contributed by atoms with Gasteiger partial charge in [-0.2, -0.15) is 13.2 Å². The lowest BCUT2D eigenvalue weighted by Gasteiger charge is -2.29. The first-order valence-electron chi connectivity index (χ1n) is 7.03. The third-order valence-electron chi connectivity index (χ3n) is 3.44. The maximum absolute atomic E-state index is 12.8. The molecule has 2 aromatic rings. The summed E-state index contributed by atoms with van der Waals surface area (Å²) in [5.74, 6) is 0.277. The third-order valence-corrected chi connectivity index (χ3v) is 3.44. The second kappa shape index (κ2) is 6.88. The van der Waals surface area contributed by atoms with Gasteiger partial charge in [-0.25, -0.2) is 9.78 Å². The average molecular weight is 339 g/mol. The van der Waals surface area contributed by atoms with Crippen LogP contribution in [0.15, 0.2) is 48.7 Å². The molecule has 24 heavy (non-hydrogen) atoms. The number of nitrogens with zero attached hydrogens (tertiary/aromatic N) is 1. The number of alkyl halides is 3. The van der Waals surface area contributed by atoms with Gasteiger partial charge in [-0.15, -0.1) is 0 Å². The van der Waals surface area contributed by atoms with E-state index in [1.165, 1.54) is 25.3 Å². The highest BCUT2D eigenvalue weighted by molar-refractivity contribution is 5.88. The highest BCUT2D eigenvalue weighted by atomic mass is 19.4. The zero-order valence-corrected chi connectivity index (χ0v) is 12.8. The Kier molecular flexibility index (Phi) is 5.08. The summed E-state index contributed by atoms with van der Waals surface area (Å²) in [6.45, 7) is 0.852. The summed E-state index contributed by atoms with van der Waals surface area (Å²) < 4.78 is 38.5. The van der Waals surface area contributed by atoms with Crippen molar-refractivity contribution in [3.63, 3.8) is 0 Å². The van der Waals surface area contributed by atoms with Crippen molar-refractivity contribution in [2.24, 2.45) is 0 Å². The lowest BCUT2D eigenvalue weighted by atomic mass is 9.91. The number of urea groups is 1. The Bertz CT molecular complexity index is 707. The number of anilines is 1. The molecule has 0 saturated heterocycles. The number of carbonyl (C=O) groups is 1. The van der Waals surface area contributed by atoms with Crippen LogP contribution in [0.2, 0.25) is 0 Å². The molecule has 0 unspecified atom stereocenters. The van der Waals surface area contributed by atoms with Crippen LogP contribution in [0, 0.1) is 0 Å². The number of hydrogen-bond donors (Lipinski definition) is 3. The van der Waals surface area contributed by atoms with Crippen molar-refractivity contribution in [3.8, 4) is 0 Å². The SMILES string of the molecule is C[C@](CO)(NC(=O)Nc1ccccn1)c1cccc(C(F)(F)F)c1. The monoisotopic (exact) mass is 339 g/mol. The van der Waals surface area contributed by atoms with Crippen molar-refractivity contribution in [1.29, 1.82) is 0 Å². The molecule has 0 aliphatic heterocycles. The van der Waals surface area contributed by atoms with Gasteiger partial charge in [0, 0.05) is 6.20 Å². The van der Waals surface area contributed by atoms with E-state index in [2.05, 4.69) is 15.6 Å². The minimum absolute atomic E-state index is 0.135. The van der Waals surface area contributed by atoms with Crippen LogP contribution in [0.25, 0.3) is 0 Å². The van der Waals surface area contributed by atoms with E-state index < -0.39 is 29.9 Å². The molecule has 0 bridgehead atoms. The van der Waals surface area contributed by atoms with Crippen LogP contribution < -0.4 is 10.6 Å². The maximum Gasteiger partial charge on any atom is 0.416 e. The fourth-order valence-corrected chi connectivity index (χ4v) is 2.08. The number of pyridine rings is 1. The predicted molar refractivity (Wildman–Crippen MR) is 82.3 cm³/mol. The summed E-state index contributed by atoms with van der Waals surface area (Å²) >= 11 is 0. The summed E-state index contributed by atoms with van der Waals surface area (Å²) in [5.41, 5.74) is -2.11. The Morgan fingerprint density at radius 3 is 2.46 bits per heavy atom. The minimum atomic E-state index is -4.51. The Hall–Kier alpha value is -2.61. The summed E-state index contributed by atoms with van der Waals surface area (Å²) in [4.78, 5) is 16.0. The maximum atomic E-state index is 12.8. The molecule has 8 heteroatoms. The number of aliphatic hydroxyl groups is 1. The molecule has 1 atom stereocenters. The predicted octanol–water partition coefficient (Wildman–Crippen LogP) is 3.13. The number of aliphatic hydroxyl groups excluding tert-OH is 1. The highest BCUT2D eigenvalue weighted by Crippen LogP contribution is 2.32. The summed E-state index contributed by atoms with van der Waals surface area (Å²) in [5, 5.41) is 14.5.